The lowest BCUT2D eigenvalue weighted by atomic mass is 10.3. The van der Waals surface area contributed by atoms with Crippen LogP contribution >= 0.6 is 23.2 Å². The van der Waals surface area contributed by atoms with Crippen LogP contribution in [-0.4, -0.2) is 17.0 Å². The largest absolute Gasteiger partial charge is 0.370 e. The summed E-state index contributed by atoms with van der Waals surface area (Å²) in [6, 6.07) is 3.30. The summed E-state index contributed by atoms with van der Waals surface area (Å²) in [4.78, 5) is 13.6. The van der Waals surface area contributed by atoms with Crippen molar-refractivity contribution >= 4 is 23.2 Å². The molecule has 1 rings (SSSR count). The van der Waals surface area contributed by atoms with Gasteiger partial charge in [0.15, 0.2) is 5.82 Å². The van der Waals surface area contributed by atoms with E-state index in [0.717, 1.165) is 6.20 Å². The minimum absolute atomic E-state index is 0.265. The molecule has 17 heavy (non-hydrogen) atoms. The Morgan fingerprint density at radius 2 is 2.29 bits per heavy atom. The fourth-order valence-electron chi connectivity index (χ4n) is 1.07. The number of nitrogens with one attached hydrogen (secondary N) is 2. The Hall–Kier alpha value is -1.53. The SMILES string of the molecule is CN/C(=C/[N+](=O)[O-])NCc1ccc(Cl)nc1Cl. The van der Waals surface area contributed by atoms with Gasteiger partial charge in [-0.25, -0.2) is 4.98 Å². The van der Waals surface area contributed by atoms with E-state index in [4.69, 9.17) is 23.2 Å². The van der Waals surface area contributed by atoms with E-state index in [1.165, 1.54) is 0 Å². The quantitative estimate of drug-likeness (QED) is 0.487. The second kappa shape index (κ2) is 6.27. The van der Waals surface area contributed by atoms with Crippen molar-refractivity contribution in [2.75, 3.05) is 7.05 Å². The van der Waals surface area contributed by atoms with Gasteiger partial charge < -0.3 is 10.6 Å². The topological polar surface area (TPSA) is 80.1 Å². The first-order valence-corrected chi connectivity index (χ1v) is 5.36. The lowest BCUT2D eigenvalue weighted by molar-refractivity contribution is -0.404. The van der Waals surface area contributed by atoms with Gasteiger partial charge in [0, 0.05) is 19.2 Å². The van der Waals surface area contributed by atoms with Crippen molar-refractivity contribution in [3.63, 3.8) is 0 Å². The maximum Gasteiger partial charge on any atom is 0.274 e. The Morgan fingerprint density at radius 3 is 2.82 bits per heavy atom. The van der Waals surface area contributed by atoms with Gasteiger partial charge >= 0.3 is 0 Å². The van der Waals surface area contributed by atoms with Crippen molar-refractivity contribution < 1.29 is 4.92 Å². The second-order valence-corrected chi connectivity index (χ2v) is 3.76. The average molecular weight is 277 g/mol. The van der Waals surface area contributed by atoms with Crippen molar-refractivity contribution in [1.82, 2.24) is 15.6 Å². The molecule has 0 bridgehead atoms. The number of rotatable bonds is 5. The lowest BCUT2D eigenvalue weighted by Gasteiger charge is -2.08. The smallest absolute Gasteiger partial charge is 0.274 e. The Labute approximate surface area is 108 Å². The van der Waals surface area contributed by atoms with E-state index in [0.29, 0.717) is 17.3 Å². The first-order valence-electron chi connectivity index (χ1n) is 4.60. The maximum atomic E-state index is 10.3. The molecule has 1 heterocycles. The molecule has 0 radical (unpaired) electrons. The van der Waals surface area contributed by atoms with Crippen LogP contribution in [0.4, 0.5) is 0 Å². The Bertz CT molecular complexity index is 451. The van der Waals surface area contributed by atoms with Gasteiger partial charge in [-0.3, -0.25) is 10.1 Å². The molecule has 0 fully saturated rings. The highest BCUT2D eigenvalue weighted by atomic mass is 35.5. The molecule has 1 aromatic heterocycles. The third kappa shape index (κ3) is 4.46. The van der Waals surface area contributed by atoms with Crippen LogP contribution in [0, 0.1) is 10.1 Å². The molecule has 0 saturated carbocycles. The summed E-state index contributed by atoms with van der Waals surface area (Å²) >= 11 is 11.5. The van der Waals surface area contributed by atoms with Crippen LogP contribution in [0.5, 0.6) is 0 Å². The Kier molecular flexibility index (Phi) is 4.99. The van der Waals surface area contributed by atoms with E-state index in [9.17, 15) is 10.1 Å². The fourth-order valence-corrected chi connectivity index (χ4v) is 1.48. The standard InChI is InChI=1S/C9H10Cl2N4O2/c1-12-8(5-15(16)17)13-4-6-2-3-7(10)14-9(6)11/h2-3,5,12-13H,4H2,1H3/b8-5-. The molecule has 0 saturated heterocycles. The van der Waals surface area contributed by atoms with Gasteiger partial charge in [0.1, 0.15) is 10.3 Å². The highest BCUT2D eigenvalue weighted by Crippen LogP contribution is 2.16. The highest BCUT2D eigenvalue weighted by molar-refractivity contribution is 6.32. The molecule has 0 spiro atoms. The number of nitrogens with zero attached hydrogens (tertiary/aromatic N) is 2. The number of aromatic nitrogens is 1. The Balaban J connectivity index is 2.69. The van der Waals surface area contributed by atoms with Crippen molar-refractivity contribution in [2.24, 2.45) is 0 Å². The summed E-state index contributed by atoms with van der Waals surface area (Å²) in [6.45, 7) is 0.309. The van der Waals surface area contributed by atoms with Gasteiger partial charge in [0.05, 0.1) is 4.92 Å². The maximum absolute atomic E-state index is 10.3. The molecule has 0 amide bonds. The van der Waals surface area contributed by atoms with Gasteiger partial charge in [-0.05, 0) is 6.07 Å². The third-order valence-corrected chi connectivity index (χ3v) is 2.40. The first kappa shape index (κ1) is 13.5. The normalized spacial score (nSPS) is 11.1. The Morgan fingerprint density at radius 1 is 1.59 bits per heavy atom. The molecule has 8 heteroatoms. The lowest BCUT2D eigenvalue weighted by Crippen LogP contribution is -2.24. The molecule has 0 aliphatic carbocycles. The predicted molar refractivity (Wildman–Crippen MR) is 65.2 cm³/mol. The summed E-state index contributed by atoms with van der Waals surface area (Å²) in [6.07, 6.45) is 0.831. The van der Waals surface area contributed by atoms with Crippen LogP contribution in [0.3, 0.4) is 0 Å². The number of halogens is 2. The molecule has 0 atom stereocenters. The van der Waals surface area contributed by atoms with E-state index >= 15 is 0 Å². The zero-order valence-corrected chi connectivity index (χ0v) is 10.4. The van der Waals surface area contributed by atoms with Crippen LogP contribution in [0.15, 0.2) is 24.2 Å². The number of hydrogen-bond donors (Lipinski definition) is 2. The molecule has 0 aliphatic rings. The van der Waals surface area contributed by atoms with Crippen molar-refractivity contribution in [3.8, 4) is 0 Å². The average Bonchev–Trinajstić information content (AvgIpc) is 2.25. The van der Waals surface area contributed by atoms with Crippen LogP contribution in [0.2, 0.25) is 10.3 Å². The van der Waals surface area contributed by atoms with Gasteiger partial charge in [-0.15, -0.1) is 0 Å². The minimum atomic E-state index is -0.555. The summed E-state index contributed by atoms with van der Waals surface area (Å²) in [7, 11) is 1.57. The predicted octanol–water partition coefficient (Wildman–Crippen LogP) is 1.77. The summed E-state index contributed by atoms with van der Waals surface area (Å²) in [5.74, 6) is 0.279. The van der Waals surface area contributed by atoms with Crippen LogP contribution in [0.1, 0.15) is 5.56 Å². The van der Waals surface area contributed by atoms with E-state index in [1.807, 2.05) is 0 Å². The highest BCUT2D eigenvalue weighted by Gasteiger charge is 2.05. The molecule has 92 valence electrons. The summed E-state index contributed by atoms with van der Waals surface area (Å²) in [5, 5.41) is 16.3. The van der Waals surface area contributed by atoms with E-state index < -0.39 is 4.92 Å². The minimum Gasteiger partial charge on any atom is -0.370 e. The zero-order chi connectivity index (χ0) is 12.8. The molecular weight excluding hydrogens is 267 g/mol. The van der Waals surface area contributed by atoms with Crippen LogP contribution in [-0.2, 0) is 6.54 Å². The number of nitro groups is 1. The van der Waals surface area contributed by atoms with Gasteiger partial charge in [0.25, 0.3) is 6.20 Å². The first-order chi connectivity index (χ1) is 8.02. The van der Waals surface area contributed by atoms with Crippen molar-refractivity contribution in [1.29, 1.82) is 0 Å². The van der Waals surface area contributed by atoms with Crippen LogP contribution < -0.4 is 10.6 Å². The van der Waals surface area contributed by atoms with E-state index in [1.54, 1.807) is 19.2 Å². The molecule has 1 aromatic rings. The van der Waals surface area contributed by atoms with Gasteiger partial charge in [-0.1, -0.05) is 29.3 Å². The fraction of sp³-hybridized carbons (Fsp3) is 0.222. The summed E-state index contributed by atoms with van der Waals surface area (Å²) < 4.78 is 0. The summed E-state index contributed by atoms with van der Waals surface area (Å²) in [5.41, 5.74) is 0.695. The van der Waals surface area contributed by atoms with Gasteiger partial charge in [-0.2, -0.15) is 0 Å². The second-order valence-electron chi connectivity index (χ2n) is 3.02. The molecule has 0 aliphatic heterocycles. The van der Waals surface area contributed by atoms with E-state index in [-0.39, 0.29) is 11.0 Å². The molecule has 6 nitrogen and oxygen atoms in total. The molecule has 2 N–H and O–H groups in total. The zero-order valence-electron chi connectivity index (χ0n) is 8.91. The molecule has 0 unspecified atom stereocenters. The number of pyridine rings is 1. The van der Waals surface area contributed by atoms with E-state index in [2.05, 4.69) is 15.6 Å². The van der Waals surface area contributed by atoms with Crippen molar-refractivity contribution in [2.45, 2.75) is 6.54 Å². The van der Waals surface area contributed by atoms with Gasteiger partial charge in [0.2, 0.25) is 0 Å². The van der Waals surface area contributed by atoms with Crippen molar-refractivity contribution in [3.05, 3.63) is 50.1 Å². The number of hydrogen-bond acceptors (Lipinski definition) is 5. The molecular formula is C9H10Cl2N4O2. The van der Waals surface area contributed by atoms with Crippen LogP contribution in [0.25, 0.3) is 0 Å². The third-order valence-electron chi connectivity index (χ3n) is 1.87. The monoisotopic (exact) mass is 276 g/mol. The molecule has 0 aromatic carbocycles.